The van der Waals surface area contributed by atoms with Gasteiger partial charge in [-0.25, -0.2) is 0 Å². The van der Waals surface area contributed by atoms with Gasteiger partial charge in [0.2, 0.25) is 5.91 Å². The molecule has 3 heteroatoms. The summed E-state index contributed by atoms with van der Waals surface area (Å²) in [4.78, 5) is 23.6. The van der Waals surface area contributed by atoms with Crippen molar-refractivity contribution < 1.29 is 9.59 Å². The highest BCUT2D eigenvalue weighted by molar-refractivity contribution is 6.22. The monoisotopic (exact) mass is 251 g/mol. The largest absolute Gasteiger partial charge is 0.326 e. The first kappa shape index (κ1) is 11.7. The normalized spacial score (nSPS) is 11.9. The first-order valence-corrected chi connectivity index (χ1v) is 6.28. The molecule has 0 spiro atoms. The molecule has 0 atom stereocenters. The molecule has 19 heavy (non-hydrogen) atoms. The molecule has 1 aliphatic rings. The van der Waals surface area contributed by atoms with Crippen molar-refractivity contribution in [1.82, 2.24) is 0 Å². The zero-order valence-corrected chi connectivity index (χ0v) is 10.6. The summed E-state index contributed by atoms with van der Waals surface area (Å²) in [5.41, 5.74) is 4.01. The van der Waals surface area contributed by atoms with E-state index in [-0.39, 0.29) is 11.7 Å². The van der Waals surface area contributed by atoms with Crippen LogP contribution in [-0.4, -0.2) is 11.7 Å². The second kappa shape index (κ2) is 4.35. The van der Waals surface area contributed by atoms with Crippen molar-refractivity contribution in [2.75, 3.05) is 5.32 Å². The number of benzene rings is 2. The fourth-order valence-electron chi connectivity index (χ4n) is 2.35. The third kappa shape index (κ3) is 1.83. The Hall–Kier alpha value is -2.42. The highest BCUT2D eigenvalue weighted by Gasteiger charge is 2.26. The predicted molar refractivity (Wildman–Crippen MR) is 74.2 cm³/mol. The van der Waals surface area contributed by atoms with Gasteiger partial charge in [-0.2, -0.15) is 0 Å². The topological polar surface area (TPSA) is 46.2 Å². The molecule has 0 radical (unpaired) electrons. The van der Waals surface area contributed by atoms with E-state index in [0.29, 0.717) is 12.0 Å². The van der Waals surface area contributed by atoms with Crippen LogP contribution in [0.15, 0.2) is 42.5 Å². The lowest BCUT2D eigenvalue weighted by Crippen LogP contribution is -2.09. The second-order valence-corrected chi connectivity index (χ2v) is 4.54. The molecule has 2 aromatic carbocycles. The standard InChI is InChI=1S/C16H13NO2/c1-2-15(18)17-10-7-8-13-14(9-10)11-5-3-4-6-12(11)16(13)19/h3-9H,2H2,1H3,(H,17,18). The van der Waals surface area contributed by atoms with Gasteiger partial charge in [0, 0.05) is 23.2 Å². The molecule has 3 nitrogen and oxygen atoms in total. The molecule has 0 bridgehead atoms. The minimum atomic E-state index is -0.0300. The highest BCUT2D eigenvalue weighted by Crippen LogP contribution is 2.37. The van der Waals surface area contributed by atoms with E-state index >= 15 is 0 Å². The van der Waals surface area contributed by atoms with E-state index in [0.717, 1.165) is 22.4 Å². The Kier molecular flexibility index (Phi) is 2.67. The summed E-state index contributed by atoms with van der Waals surface area (Å²) in [7, 11) is 0. The van der Waals surface area contributed by atoms with Gasteiger partial charge < -0.3 is 5.32 Å². The van der Waals surface area contributed by atoms with Crippen LogP contribution in [0.5, 0.6) is 0 Å². The lowest BCUT2D eigenvalue weighted by molar-refractivity contribution is -0.115. The first-order valence-electron chi connectivity index (χ1n) is 6.28. The van der Waals surface area contributed by atoms with Crippen molar-refractivity contribution in [2.45, 2.75) is 13.3 Å². The van der Waals surface area contributed by atoms with Gasteiger partial charge in [-0.1, -0.05) is 31.2 Å². The summed E-state index contributed by atoms with van der Waals surface area (Å²) in [5.74, 6) is 0.0246. The molecule has 0 aromatic heterocycles. The van der Waals surface area contributed by atoms with Crippen LogP contribution in [0.4, 0.5) is 5.69 Å². The summed E-state index contributed by atoms with van der Waals surface area (Å²) in [6.07, 6.45) is 0.437. The van der Waals surface area contributed by atoms with Crippen LogP contribution in [0.1, 0.15) is 29.3 Å². The molecular formula is C16H13NO2. The molecule has 1 aliphatic carbocycles. The number of anilines is 1. The van der Waals surface area contributed by atoms with E-state index in [2.05, 4.69) is 5.32 Å². The second-order valence-electron chi connectivity index (χ2n) is 4.54. The highest BCUT2D eigenvalue weighted by atomic mass is 16.1. The number of nitrogens with one attached hydrogen (secondary N) is 1. The van der Waals surface area contributed by atoms with Gasteiger partial charge in [0.25, 0.3) is 0 Å². The van der Waals surface area contributed by atoms with Gasteiger partial charge in [0.05, 0.1) is 0 Å². The molecular weight excluding hydrogens is 238 g/mol. The summed E-state index contributed by atoms with van der Waals surface area (Å²) in [6, 6.07) is 13.0. The number of carbonyl (C=O) groups is 2. The van der Waals surface area contributed by atoms with Crippen LogP contribution in [0.2, 0.25) is 0 Å². The van der Waals surface area contributed by atoms with Crippen molar-refractivity contribution in [1.29, 1.82) is 0 Å². The average molecular weight is 251 g/mol. The maximum atomic E-state index is 12.2. The van der Waals surface area contributed by atoms with Crippen molar-refractivity contribution in [3.8, 4) is 11.1 Å². The zero-order chi connectivity index (χ0) is 13.4. The van der Waals surface area contributed by atoms with Crippen LogP contribution < -0.4 is 5.32 Å². The quantitative estimate of drug-likeness (QED) is 0.760. The van der Waals surface area contributed by atoms with E-state index in [1.165, 1.54) is 0 Å². The number of fused-ring (bicyclic) bond motifs is 3. The van der Waals surface area contributed by atoms with Crippen LogP contribution in [0, 0.1) is 0 Å². The van der Waals surface area contributed by atoms with Crippen molar-refractivity contribution >= 4 is 17.4 Å². The van der Waals surface area contributed by atoms with E-state index in [1.54, 1.807) is 12.1 Å². The summed E-state index contributed by atoms with van der Waals surface area (Å²) < 4.78 is 0. The zero-order valence-electron chi connectivity index (χ0n) is 10.6. The maximum Gasteiger partial charge on any atom is 0.224 e. The molecule has 1 amide bonds. The minimum Gasteiger partial charge on any atom is -0.326 e. The van der Waals surface area contributed by atoms with E-state index in [1.807, 2.05) is 37.3 Å². The van der Waals surface area contributed by atoms with E-state index < -0.39 is 0 Å². The molecule has 1 N–H and O–H groups in total. The Morgan fingerprint density at radius 1 is 1.00 bits per heavy atom. The number of hydrogen-bond acceptors (Lipinski definition) is 2. The van der Waals surface area contributed by atoms with Crippen LogP contribution in [0.25, 0.3) is 11.1 Å². The first-order chi connectivity index (χ1) is 9.20. The molecule has 94 valence electrons. The molecule has 0 saturated heterocycles. The average Bonchev–Trinajstić information content (AvgIpc) is 2.73. The molecule has 0 saturated carbocycles. The lowest BCUT2D eigenvalue weighted by atomic mass is 10.1. The smallest absolute Gasteiger partial charge is 0.224 e. The van der Waals surface area contributed by atoms with Crippen LogP contribution in [-0.2, 0) is 4.79 Å². The fraction of sp³-hybridized carbons (Fsp3) is 0.125. The number of ketones is 1. The molecule has 3 rings (SSSR count). The summed E-state index contributed by atoms with van der Waals surface area (Å²) in [5, 5.41) is 2.82. The van der Waals surface area contributed by atoms with Crippen LogP contribution in [0.3, 0.4) is 0 Å². The van der Waals surface area contributed by atoms with E-state index in [9.17, 15) is 9.59 Å². The van der Waals surface area contributed by atoms with Gasteiger partial charge >= 0.3 is 0 Å². The fourth-order valence-corrected chi connectivity index (χ4v) is 2.35. The Morgan fingerprint density at radius 3 is 2.42 bits per heavy atom. The summed E-state index contributed by atoms with van der Waals surface area (Å²) in [6.45, 7) is 1.81. The number of amides is 1. The Balaban J connectivity index is 2.08. The van der Waals surface area contributed by atoms with Crippen molar-refractivity contribution in [3.05, 3.63) is 53.6 Å². The van der Waals surface area contributed by atoms with Crippen molar-refractivity contribution in [3.63, 3.8) is 0 Å². The van der Waals surface area contributed by atoms with Gasteiger partial charge in [-0.3, -0.25) is 9.59 Å². The third-order valence-corrected chi connectivity index (χ3v) is 3.33. The molecule has 0 heterocycles. The van der Waals surface area contributed by atoms with Gasteiger partial charge in [0.15, 0.2) is 5.78 Å². The van der Waals surface area contributed by atoms with Crippen LogP contribution >= 0.6 is 0 Å². The Morgan fingerprint density at radius 2 is 1.68 bits per heavy atom. The maximum absolute atomic E-state index is 12.2. The minimum absolute atomic E-state index is 0.0300. The third-order valence-electron chi connectivity index (χ3n) is 3.33. The molecule has 2 aromatic rings. The Bertz CT molecular complexity index is 689. The number of carbonyl (C=O) groups excluding carboxylic acids is 2. The molecule has 0 unspecified atom stereocenters. The molecule has 0 fully saturated rings. The molecule has 0 aliphatic heterocycles. The number of hydrogen-bond donors (Lipinski definition) is 1. The van der Waals surface area contributed by atoms with Crippen molar-refractivity contribution in [2.24, 2.45) is 0 Å². The van der Waals surface area contributed by atoms with E-state index in [4.69, 9.17) is 0 Å². The predicted octanol–water partition coefficient (Wildman–Crippen LogP) is 3.25. The SMILES string of the molecule is CCC(=O)Nc1ccc2c(c1)-c1ccccc1C2=O. The van der Waals surface area contributed by atoms with Gasteiger partial charge in [-0.15, -0.1) is 0 Å². The lowest BCUT2D eigenvalue weighted by Gasteiger charge is -2.06. The number of rotatable bonds is 2. The van der Waals surface area contributed by atoms with Gasteiger partial charge in [0.1, 0.15) is 0 Å². The summed E-state index contributed by atoms with van der Waals surface area (Å²) >= 11 is 0. The Labute approximate surface area is 111 Å². The van der Waals surface area contributed by atoms with Gasteiger partial charge in [-0.05, 0) is 29.3 Å².